The van der Waals surface area contributed by atoms with Gasteiger partial charge in [0, 0.05) is 0 Å². The lowest BCUT2D eigenvalue weighted by Gasteiger charge is -2.00. The van der Waals surface area contributed by atoms with Crippen LogP contribution in [0.1, 0.15) is 65.2 Å². The highest BCUT2D eigenvalue weighted by Crippen LogP contribution is 2.10. The van der Waals surface area contributed by atoms with Crippen molar-refractivity contribution >= 4 is 0 Å². The number of rotatable bonds is 9. The molecule has 0 fully saturated rings. The molecule has 0 aromatic rings. The molecule has 14 heavy (non-hydrogen) atoms. The lowest BCUT2D eigenvalue weighted by Crippen LogP contribution is -1.80. The van der Waals surface area contributed by atoms with Gasteiger partial charge in [-0.05, 0) is 38.5 Å². The second kappa shape index (κ2) is 10.6. The van der Waals surface area contributed by atoms with E-state index in [4.69, 9.17) is 0 Å². The lowest BCUT2D eigenvalue weighted by molar-refractivity contribution is 0.726. The predicted octanol–water partition coefficient (Wildman–Crippen LogP) is 5.26. The van der Waals surface area contributed by atoms with Crippen LogP contribution in [-0.4, -0.2) is 0 Å². The molecule has 0 bridgehead atoms. The van der Waals surface area contributed by atoms with Crippen LogP contribution in [0.5, 0.6) is 0 Å². The molecular weight excluding hydrogens is 168 g/mol. The molecule has 0 heteroatoms. The molecular formula is C14H26. The fraction of sp³-hybridized carbons (Fsp3) is 0.714. The maximum atomic E-state index is 4.01. The Morgan fingerprint density at radius 1 is 1.00 bits per heavy atom. The first-order valence-electron chi connectivity index (χ1n) is 6.12. The summed E-state index contributed by atoms with van der Waals surface area (Å²) in [5.74, 6) is 0. The van der Waals surface area contributed by atoms with Crippen LogP contribution in [-0.2, 0) is 0 Å². The summed E-state index contributed by atoms with van der Waals surface area (Å²) in [7, 11) is 0. The average molecular weight is 194 g/mol. The molecule has 0 rings (SSSR count). The van der Waals surface area contributed by atoms with Gasteiger partial charge in [-0.25, -0.2) is 0 Å². The Morgan fingerprint density at radius 3 is 2.21 bits per heavy atom. The summed E-state index contributed by atoms with van der Waals surface area (Å²) >= 11 is 0. The van der Waals surface area contributed by atoms with Crippen LogP contribution in [0, 0.1) is 0 Å². The van der Waals surface area contributed by atoms with E-state index in [9.17, 15) is 0 Å². The van der Waals surface area contributed by atoms with Gasteiger partial charge in [0.1, 0.15) is 0 Å². The van der Waals surface area contributed by atoms with Crippen LogP contribution in [0.15, 0.2) is 24.3 Å². The molecule has 0 saturated carbocycles. The molecule has 0 spiro atoms. The summed E-state index contributed by atoms with van der Waals surface area (Å²) in [5.41, 5.74) is 1.40. The van der Waals surface area contributed by atoms with Gasteiger partial charge < -0.3 is 0 Å². The smallest absolute Gasteiger partial charge is 0.0323 e. The van der Waals surface area contributed by atoms with Gasteiger partial charge in [0.15, 0.2) is 0 Å². The molecule has 0 unspecified atom stereocenters. The number of hydrogen-bond acceptors (Lipinski definition) is 0. The molecule has 0 radical (unpaired) electrons. The van der Waals surface area contributed by atoms with Gasteiger partial charge in [-0.1, -0.05) is 51.0 Å². The topological polar surface area (TPSA) is 0 Å². The first-order chi connectivity index (χ1) is 6.81. The maximum absolute atomic E-state index is 4.01. The van der Waals surface area contributed by atoms with E-state index in [0.29, 0.717) is 0 Å². The van der Waals surface area contributed by atoms with Gasteiger partial charge in [-0.2, -0.15) is 0 Å². The van der Waals surface area contributed by atoms with Crippen molar-refractivity contribution in [3.05, 3.63) is 24.3 Å². The van der Waals surface area contributed by atoms with Crippen LogP contribution in [0.4, 0.5) is 0 Å². The van der Waals surface area contributed by atoms with Crippen LogP contribution < -0.4 is 0 Å². The highest BCUT2D eigenvalue weighted by Gasteiger charge is 1.90. The molecule has 0 aromatic carbocycles. The molecule has 0 aliphatic rings. The van der Waals surface area contributed by atoms with Crippen molar-refractivity contribution in [3.63, 3.8) is 0 Å². The van der Waals surface area contributed by atoms with Crippen molar-refractivity contribution in [2.75, 3.05) is 0 Å². The molecule has 0 amide bonds. The molecule has 0 heterocycles. The second-order valence-corrected chi connectivity index (χ2v) is 3.96. The van der Waals surface area contributed by atoms with Crippen molar-refractivity contribution in [2.24, 2.45) is 0 Å². The van der Waals surface area contributed by atoms with E-state index in [2.05, 4.69) is 32.6 Å². The third-order valence-corrected chi connectivity index (χ3v) is 2.54. The van der Waals surface area contributed by atoms with Gasteiger partial charge in [0.25, 0.3) is 0 Å². The standard InChI is InChI=1S/C14H26/c1-4-6-7-8-9-10-11-12-13-14(3)5-2/h8-9H,3-7,10-13H2,1-2H3. The predicted molar refractivity (Wildman–Crippen MR) is 66.6 cm³/mol. The Hall–Kier alpha value is -0.520. The summed E-state index contributed by atoms with van der Waals surface area (Å²) < 4.78 is 0. The van der Waals surface area contributed by atoms with Crippen LogP contribution in [0.3, 0.4) is 0 Å². The number of unbranched alkanes of at least 4 members (excludes halogenated alkanes) is 4. The van der Waals surface area contributed by atoms with E-state index in [1.807, 2.05) is 0 Å². The normalized spacial score (nSPS) is 11.0. The maximum Gasteiger partial charge on any atom is -0.0323 e. The zero-order chi connectivity index (χ0) is 10.6. The largest absolute Gasteiger partial charge is 0.0999 e. The summed E-state index contributed by atoms with van der Waals surface area (Å²) in [6, 6.07) is 0. The molecule has 82 valence electrons. The zero-order valence-electron chi connectivity index (χ0n) is 10.0. The quantitative estimate of drug-likeness (QED) is 0.347. The van der Waals surface area contributed by atoms with Gasteiger partial charge in [-0.15, -0.1) is 0 Å². The van der Waals surface area contributed by atoms with Gasteiger partial charge in [0.2, 0.25) is 0 Å². The van der Waals surface area contributed by atoms with Gasteiger partial charge in [-0.3, -0.25) is 0 Å². The fourth-order valence-electron chi connectivity index (χ4n) is 1.37. The minimum absolute atomic E-state index is 1.15. The molecule has 0 aliphatic heterocycles. The molecule has 0 nitrogen and oxygen atoms in total. The summed E-state index contributed by atoms with van der Waals surface area (Å²) in [5, 5.41) is 0. The molecule has 0 atom stereocenters. The highest BCUT2D eigenvalue weighted by atomic mass is 14.0. The van der Waals surface area contributed by atoms with Crippen molar-refractivity contribution in [1.82, 2.24) is 0 Å². The second-order valence-electron chi connectivity index (χ2n) is 3.96. The summed E-state index contributed by atoms with van der Waals surface area (Å²) in [6.45, 7) is 8.44. The Balaban J connectivity index is 3.12. The zero-order valence-corrected chi connectivity index (χ0v) is 10.0. The molecule has 0 N–H and O–H groups in total. The average Bonchev–Trinajstić information content (AvgIpc) is 2.21. The Bertz CT molecular complexity index is 153. The SMILES string of the molecule is C=C(CC)CCCCC=CCCCC. The third kappa shape index (κ3) is 9.57. The minimum Gasteiger partial charge on any atom is -0.0999 e. The first kappa shape index (κ1) is 13.5. The van der Waals surface area contributed by atoms with E-state index < -0.39 is 0 Å². The summed E-state index contributed by atoms with van der Waals surface area (Å²) in [6.07, 6.45) is 14.8. The minimum atomic E-state index is 1.15. The third-order valence-electron chi connectivity index (χ3n) is 2.54. The van der Waals surface area contributed by atoms with E-state index >= 15 is 0 Å². The van der Waals surface area contributed by atoms with E-state index in [1.54, 1.807) is 0 Å². The molecule has 0 aliphatic carbocycles. The van der Waals surface area contributed by atoms with Crippen LogP contribution in [0.25, 0.3) is 0 Å². The van der Waals surface area contributed by atoms with Gasteiger partial charge >= 0.3 is 0 Å². The first-order valence-corrected chi connectivity index (χ1v) is 6.12. The number of allylic oxidation sites excluding steroid dienone is 3. The van der Waals surface area contributed by atoms with Crippen molar-refractivity contribution in [1.29, 1.82) is 0 Å². The molecule has 0 aromatic heterocycles. The van der Waals surface area contributed by atoms with E-state index in [1.165, 1.54) is 50.5 Å². The Morgan fingerprint density at radius 2 is 1.64 bits per heavy atom. The van der Waals surface area contributed by atoms with Crippen LogP contribution in [0.2, 0.25) is 0 Å². The van der Waals surface area contributed by atoms with Crippen molar-refractivity contribution < 1.29 is 0 Å². The number of hydrogen-bond donors (Lipinski definition) is 0. The monoisotopic (exact) mass is 194 g/mol. The van der Waals surface area contributed by atoms with Crippen LogP contribution >= 0.6 is 0 Å². The Labute approximate surface area is 90.1 Å². The van der Waals surface area contributed by atoms with Crippen molar-refractivity contribution in [3.8, 4) is 0 Å². The highest BCUT2D eigenvalue weighted by molar-refractivity contribution is 4.92. The summed E-state index contributed by atoms with van der Waals surface area (Å²) in [4.78, 5) is 0. The molecule has 0 saturated heterocycles. The lowest BCUT2D eigenvalue weighted by atomic mass is 10.1. The van der Waals surface area contributed by atoms with Crippen molar-refractivity contribution in [2.45, 2.75) is 65.2 Å². The fourth-order valence-corrected chi connectivity index (χ4v) is 1.37. The van der Waals surface area contributed by atoms with E-state index in [0.717, 1.165) is 6.42 Å². The van der Waals surface area contributed by atoms with Gasteiger partial charge in [0.05, 0.1) is 0 Å². The Kier molecular flexibility index (Phi) is 10.2. The van der Waals surface area contributed by atoms with E-state index in [-0.39, 0.29) is 0 Å².